The van der Waals surface area contributed by atoms with Crippen molar-refractivity contribution in [3.63, 3.8) is 0 Å². The molecule has 4 nitrogen and oxygen atoms in total. The molecule has 0 bridgehead atoms. The number of aromatic nitrogens is 1. The lowest BCUT2D eigenvalue weighted by molar-refractivity contribution is -0.143. The molecule has 1 aromatic heterocycles. The van der Waals surface area contributed by atoms with Crippen LogP contribution in [-0.4, -0.2) is 24.7 Å². The van der Waals surface area contributed by atoms with Crippen LogP contribution in [0, 0.1) is 6.92 Å². The van der Waals surface area contributed by atoms with Crippen molar-refractivity contribution in [3.8, 4) is 5.88 Å². The van der Waals surface area contributed by atoms with Crippen LogP contribution in [0.25, 0.3) is 0 Å². The highest BCUT2D eigenvalue weighted by Gasteiger charge is 2.01. The van der Waals surface area contributed by atoms with Crippen molar-refractivity contribution in [2.24, 2.45) is 0 Å². The molecule has 4 heteroatoms. The second-order valence-electron chi connectivity index (χ2n) is 2.48. The average molecular weight is 181 g/mol. The van der Waals surface area contributed by atoms with Gasteiger partial charge in [0.2, 0.25) is 5.88 Å². The number of nitrogens with zero attached hydrogens (tertiary/aromatic N) is 1. The van der Waals surface area contributed by atoms with E-state index < -0.39 is 5.97 Å². The summed E-state index contributed by atoms with van der Waals surface area (Å²) in [4.78, 5) is 14.7. The molecule has 1 heterocycles. The van der Waals surface area contributed by atoms with E-state index in [4.69, 9.17) is 4.74 Å². The Morgan fingerprint density at radius 2 is 2.31 bits per heavy atom. The van der Waals surface area contributed by atoms with Crippen LogP contribution < -0.4 is 4.74 Å². The fourth-order valence-corrected chi connectivity index (χ4v) is 0.790. The van der Waals surface area contributed by atoms with E-state index in [2.05, 4.69) is 9.72 Å². The molecule has 1 aromatic rings. The molecule has 0 atom stereocenters. The summed E-state index contributed by atoms with van der Waals surface area (Å²) in [6.45, 7) is 1.75. The molecule has 0 aliphatic carbocycles. The second-order valence-corrected chi connectivity index (χ2v) is 2.48. The van der Waals surface area contributed by atoms with Gasteiger partial charge in [0.1, 0.15) is 0 Å². The normalized spacial score (nSPS) is 9.38. The molecule has 0 N–H and O–H groups in total. The van der Waals surface area contributed by atoms with Crippen molar-refractivity contribution in [2.45, 2.75) is 6.92 Å². The number of hydrogen-bond donors (Lipinski definition) is 0. The van der Waals surface area contributed by atoms with Crippen LogP contribution in [0.1, 0.15) is 5.69 Å². The first-order chi connectivity index (χ1) is 6.22. The Kier molecular flexibility index (Phi) is 3.25. The predicted molar refractivity (Wildman–Crippen MR) is 46.5 cm³/mol. The van der Waals surface area contributed by atoms with Gasteiger partial charge in [-0.15, -0.1) is 0 Å². The molecule has 0 aliphatic heterocycles. The fourth-order valence-electron chi connectivity index (χ4n) is 0.790. The summed E-state index contributed by atoms with van der Waals surface area (Å²) in [5.74, 6) is 0.0220. The maximum atomic E-state index is 10.7. The van der Waals surface area contributed by atoms with Gasteiger partial charge in [0, 0.05) is 11.8 Å². The summed E-state index contributed by atoms with van der Waals surface area (Å²) in [5, 5.41) is 0. The van der Waals surface area contributed by atoms with Gasteiger partial charge in [0.15, 0.2) is 6.61 Å². The standard InChI is InChI=1S/C9H11NO3/c1-7-4-3-5-8(10-7)13-6-9(11)12-2/h3-5H,6H2,1-2H3. The first kappa shape index (κ1) is 9.51. The van der Waals surface area contributed by atoms with Crippen LogP contribution in [0.3, 0.4) is 0 Å². The summed E-state index contributed by atoms with van der Waals surface area (Å²) in [6, 6.07) is 5.36. The predicted octanol–water partition coefficient (Wildman–Crippen LogP) is 0.942. The lowest BCUT2D eigenvalue weighted by Crippen LogP contribution is -2.13. The molecule has 0 aliphatic rings. The maximum absolute atomic E-state index is 10.7. The summed E-state index contributed by atoms with van der Waals surface area (Å²) >= 11 is 0. The Morgan fingerprint density at radius 1 is 1.54 bits per heavy atom. The van der Waals surface area contributed by atoms with Crippen molar-refractivity contribution in [1.29, 1.82) is 0 Å². The zero-order chi connectivity index (χ0) is 9.68. The van der Waals surface area contributed by atoms with E-state index in [0.29, 0.717) is 5.88 Å². The van der Waals surface area contributed by atoms with Gasteiger partial charge in [-0.3, -0.25) is 0 Å². The number of esters is 1. The lowest BCUT2D eigenvalue weighted by Gasteiger charge is -2.03. The van der Waals surface area contributed by atoms with E-state index in [0.717, 1.165) is 5.69 Å². The molecule has 0 fully saturated rings. The van der Waals surface area contributed by atoms with Gasteiger partial charge in [-0.05, 0) is 13.0 Å². The van der Waals surface area contributed by atoms with Crippen LogP contribution in [0.2, 0.25) is 0 Å². The van der Waals surface area contributed by atoms with Crippen LogP contribution in [0.5, 0.6) is 5.88 Å². The number of rotatable bonds is 3. The van der Waals surface area contributed by atoms with Gasteiger partial charge >= 0.3 is 5.97 Å². The quantitative estimate of drug-likeness (QED) is 0.651. The molecule has 1 rings (SSSR count). The summed E-state index contributed by atoms with van der Waals surface area (Å²) in [7, 11) is 1.31. The van der Waals surface area contributed by atoms with Crippen molar-refractivity contribution in [1.82, 2.24) is 4.98 Å². The Labute approximate surface area is 76.5 Å². The largest absolute Gasteiger partial charge is 0.466 e. The highest BCUT2D eigenvalue weighted by molar-refractivity contribution is 5.70. The first-order valence-electron chi connectivity index (χ1n) is 3.85. The van der Waals surface area contributed by atoms with Crippen molar-refractivity contribution < 1.29 is 14.3 Å². The Morgan fingerprint density at radius 3 is 2.92 bits per heavy atom. The number of hydrogen-bond acceptors (Lipinski definition) is 4. The topological polar surface area (TPSA) is 48.4 Å². The highest BCUT2D eigenvalue weighted by Crippen LogP contribution is 2.06. The molecular formula is C9H11NO3. The molecule has 0 saturated carbocycles. The highest BCUT2D eigenvalue weighted by atomic mass is 16.6. The second kappa shape index (κ2) is 4.45. The van der Waals surface area contributed by atoms with Gasteiger partial charge < -0.3 is 9.47 Å². The van der Waals surface area contributed by atoms with Gasteiger partial charge in [-0.1, -0.05) is 6.07 Å². The number of ether oxygens (including phenoxy) is 2. The van der Waals surface area contributed by atoms with Gasteiger partial charge in [0.25, 0.3) is 0 Å². The van der Waals surface area contributed by atoms with E-state index in [1.165, 1.54) is 7.11 Å². The lowest BCUT2D eigenvalue weighted by atomic mass is 10.4. The SMILES string of the molecule is COC(=O)COc1cccc(C)n1. The molecular weight excluding hydrogens is 170 g/mol. The Bertz CT molecular complexity index is 299. The molecule has 0 amide bonds. The van der Waals surface area contributed by atoms with Crippen molar-refractivity contribution in [2.75, 3.05) is 13.7 Å². The van der Waals surface area contributed by atoms with E-state index >= 15 is 0 Å². The zero-order valence-corrected chi connectivity index (χ0v) is 7.61. The van der Waals surface area contributed by atoms with Gasteiger partial charge in [-0.2, -0.15) is 0 Å². The third kappa shape index (κ3) is 3.11. The average Bonchev–Trinajstić information content (AvgIpc) is 2.14. The van der Waals surface area contributed by atoms with E-state index in [-0.39, 0.29) is 6.61 Å². The zero-order valence-electron chi connectivity index (χ0n) is 7.61. The molecule has 0 saturated heterocycles. The molecule has 0 unspecified atom stereocenters. The maximum Gasteiger partial charge on any atom is 0.343 e. The summed E-state index contributed by atoms with van der Waals surface area (Å²) in [6.07, 6.45) is 0. The third-order valence-electron chi connectivity index (χ3n) is 1.43. The smallest absolute Gasteiger partial charge is 0.343 e. The summed E-state index contributed by atoms with van der Waals surface area (Å²) in [5.41, 5.74) is 0.849. The van der Waals surface area contributed by atoms with Crippen LogP contribution in [-0.2, 0) is 9.53 Å². The van der Waals surface area contributed by atoms with Crippen LogP contribution in [0.4, 0.5) is 0 Å². The number of carbonyl (C=O) groups is 1. The third-order valence-corrected chi connectivity index (χ3v) is 1.43. The monoisotopic (exact) mass is 181 g/mol. The Balaban J connectivity index is 2.50. The van der Waals surface area contributed by atoms with E-state index in [9.17, 15) is 4.79 Å². The van der Waals surface area contributed by atoms with Crippen molar-refractivity contribution in [3.05, 3.63) is 23.9 Å². The number of carbonyl (C=O) groups excluding carboxylic acids is 1. The molecule has 0 spiro atoms. The fraction of sp³-hybridized carbons (Fsp3) is 0.333. The minimum atomic E-state index is -0.414. The van der Waals surface area contributed by atoms with Gasteiger partial charge in [-0.25, -0.2) is 9.78 Å². The van der Waals surface area contributed by atoms with E-state index in [1.807, 2.05) is 19.1 Å². The first-order valence-corrected chi connectivity index (χ1v) is 3.85. The van der Waals surface area contributed by atoms with Crippen LogP contribution in [0.15, 0.2) is 18.2 Å². The minimum Gasteiger partial charge on any atom is -0.466 e. The van der Waals surface area contributed by atoms with Crippen LogP contribution >= 0.6 is 0 Å². The van der Waals surface area contributed by atoms with Gasteiger partial charge in [0.05, 0.1) is 7.11 Å². The number of methoxy groups -OCH3 is 1. The molecule has 70 valence electrons. The molecule has 0 radical (unpaired) electrons. The molecule has 0 aromatic carbocycles. The number of aryl methyl sites for hydroxylation is 1. The molecule has 13 heavy (non-hydrogen) atoms. The Hall–Kier alpha value is -1.58. The van der Waals surface area contributed by atoms with Crippen molar-refractivity contribution >= 4 is 5.97 Å². The summed E-state index contributed by atoms with van der Waals surface area (Å²) < 4.78 is 9.46. The number of pyridine rings is 1. The minimum absolute atomic E-state index is 0.104. The van der Waals surface area contributed by atoms with E-state index in [1.54, 1.807) is 6.07 Å².